The fourth-order valence-electron chi connectivity index (χ4n) is 3.00. The van der Waals surface area contributed by atoms with Crippen molar-refractivity contribution in [2.24, 2.45) is 0 Å². The van der Waals surface area contributed by atoms with Gasteiger partial charge in [0.2, 0.25) is 0 Å². The van der Waals surface area contributed by atoms with E-state index in [1.807, 2.05) is 34.7 Å². The predicted octanol–water partition coefficient (Wildman–Crippen LogP) is 3.75. The standard InChI is InChI=1S/C20H23F2N5O2S/c1-25(12-15-6-7-17(29-19(21)22)18(11-15)28-2)14-27-20(30)26(13-24-27)10-8-16-5-3-4-9-23-16/h3-7,9,11,13,19H,8,10,12,14H2,1-2H3. The summed E-state index contributed by atoms with van der Waals surface area (Å²) in [6.07, 6.45) is 4.26. The highest BCUT2D eigenvalue weighted by molar-refractivity contribution is 7.71. The topological polar surface area (TPSA) is 57.3 Å². The van der Waals surface area contributed by atoms with Gasteiger partial charge in [-0.25, -0.2) is 4.68 Å². The molecule has 30 heavy (non-hydrogen) atoms. The molecule has 0 N–H and O–H groups in total. The van der Waals surface area contributed by atoms with Gasteiger partial charge in [-0.2, -0.15) is 13.9 Å². The van der Waals surface area contributed by atoms with Crippen molar-refractivity contribution < 1.29 is 18.3 Å². The van der Waals surface area contributed by atoms with Gasteiger partial charge in [0.15, 0.2) is 16.3 Å². The normalized spacial score (nSPS) is 11.3. The summed E-state index contributed by atoms with van der Waals surface area (Å²) in [7, 11) is 3.34. The van der Waals surface area contributed by atoms with Crippen LogP contribution in [-0.4, -0.2) is 45.0 Å². The Bertz CT molecular complexity index is 1010. The third-order valence-corrected chi connectivity index (χ3v) is 4.85. The van der Waals surface area contributed by atoms with Crippen molar-refractivity contribution in [2.75, 3.05) is 14.2 Å². The van der Waals surface area contributed by atoms with E-state index in [2.05, 4.69) is 14.8 Å². The summed E-state index contributed by atoms with van der Waals surface area (Å²) in [5.41, 5.74) is 1.88. The van der Waals surface area contributed by atoms with Gasteiger partial charge in [0, 0.05) is 31.4 Å². The van der Waals surface area contributed by atoms with Crippen molar-refractivity contribution in [3.63, 3.8) is 0 Å². The SMILES string of the molecule is COc1cc(CN(C)Cn2ncn(CCc3ccccn3)c2=S)ccc1OC(F)F. The fourth-order valence-corrected chi connectivity index (χ4v) is 3.24. The number of methoxy groups -OCH3 is 1. The van der Waals surface area contributed by atoms with Gasteiger partial charge in [0.25, 0.3) is 0 Å². The summed E-state index contributed by atoms with van der Waals surface area (Å²) in [6, 6.07) is 10.7. The van der Waals surface area contributed by atoms with E-state index >= 15 is 0 Å². The monoisotopic (exact) mass is 435 g/mol. The van der Waals surface area contributed by atoms with Gasteiger partial charge >= 0.3 is 6.61 Å². The molecule has 0 spiro atoms. The highest BCUT2D eigenvalue weighted by atomic mass is 32.1. The molecular weight excluding hydrogens is 412 g/mol. The molecule has 3 rings (SSSR count). The van der Waals surface area contributed by atoms with Gasteiger partial charge in [-0.05, 0) is 49.1 Å². The maximum absolute atomic E-state index is 12.5. The molecule has 0 unspecified atom stereocenters. The number of aromatic nitrogens is 4. The maximum Gasteiger partial charge on any atom is 0.387 e. The molecule has 0 aliphatic heterocycles. The average molecular weight is 436 g/mol. The van der Waals surface area contributed by atoms with Crippen LogP contribution in [0.4, 0.5) is 8.78 Å². The van der Waals surface area contributed by atoms with Crippen molar-refractivity contribution in [3.05, 3.63) is 65.0 Å². The lowest BCUT2D eigenvalue weighted by Gasteiger charge is -2.18. The molecule has 2 heterocycles. The van der Waals surface area contributed by atoms with Crippen molar-refractivity contribution >= 4 is 12.2 Å². The molecule has 160 valence electrons. The van der Waals surface area contributed by atoms with Gasteiger partial charge in [-0.15, -0.1) is 0 Å². The predicted molar refractivity (Wildman–Crippen MR) is 110 cm³/mol. The largest absolute Gasteiger partial charge is 0.493 e. The first kappa shape index (κ1) is 21.8. The minimum atomic E-state index is -2.90. The van der Waals surface area contributed by atoms with E-state index in [1.54, 1.807) is 29.3 Å². The second kappa shape index (κ2) is 10.3. The first-order chi connectivity index (χ1) is 14.5. The van der Waals surface area contributed by atoms with Gasteiger partial charge < -0.3 is 14.0 Å². The van der Waals surface area contributed by atoms with E-state index in [-0.39, 0.29) is 11.5 Å². The Hall–Kier alpha value is -2.85. The molecule has 0 saturated heterocycles. The van der Waals surface area contributed by atoms with Crippen LogP contribution in [0.3, 0.4) is 0 Å². The summed E-state index contributed by atoms with van der Waals surface area (Å²) in [5.74, 6) is 0.268. The van der Waals surface area contributed by atoms with Crippen LogP contribution < -0.4 is 9.47 Å². The molecule has 0 radical (unpaired) electrons. The van der Waals surface area contributed by atoms with Crippen LogP contribution >= 0.6 is 12.2 Å². The van der Waals surface area contributed by atoms with E-state index in [1.165, 1.54) is 13.2 Å². The molecular formula is C20H23F2N5O2S. The molecule has 7 nitrogen and oxygen atoms in total. The van der Waals surface area contributed by atoms with E-state index in [0.717, 1.165) is 17.7 Å². The average Bonchev–Trinajstić information content (AvgIpc) is 3.07. The number of aryl methyl sites for hydroxylation is 2. The minimum Gasteiger partial charge on any atom is -0.493 e. The number of benzene rings is 1. The molecule has 2 aromatic heterocycles. The van der Waals surface area contributed by atoms with Crippen LogP contribution in [0.2, 0.25) is 0 Å². The molecule has 0 saturated carbocycles. The second-order valence-corrected chi connectivity index (χ2v) is 7.06. The summed E-state index contributed by atoms with van der Waals surface area (Å²) in [4.78, 5) is 6.33. The molecule has 0 aliphatic carbocycles. The zero-order valence-corrected chi connectivity index (χ0v) is 17.6. The fraction of sp³-hybridized carbons (Fsp3) is 0.350. The molecule has 3 aromatic rings. The lowest BCUT2D eigenvalue weighted by Crippen LogP contribution is -2.22. The number of pyridine rings is 1. The van der Waals surface area contributed by atoms with Crippen molar-refractivity contribution in [2.45, 2.75) is 32.8 Å². The number of alkyl halides is 2. The molecule has 0 aliphatic rings. The smallest absolute Gasteiger partial charge is 0.387 e. The Labute approximate surface area is 178 Å². The minimum absolute atomic E-state index is 0.00720. The third kappa shape index (κ3) is 5.83. The van der Waals surface area contributed by atoms with Gasteiger partial charge in [-0.3, -0.25) is 9.88 Å². The van der Waals surface area contributed by atoms with Gasteiger partial charge in [0.1, 0.15) is 6.33 Å². The number of ether oxygens (including phenoxy) is 2. The molecule has 0 atom stereocenters. The highest BCUT2D eigenvalue weighted by Gasteiger charge is 2.12. The number of nitrogens with zero attached hydrogens (tertiary/aromatic N) is 5. The molecule has 0 bridgehead atoms. The van der Waals surface area contributed by atoms with Crippen molar-refractivity contribution in [3.8, 4) is 11.5 Å². The molecule has 0 fully saturated rings. The molecule has 10 heteroatoms. The first-order valence-electron chi connectivity index (χ1n) is 9.28. The summed E-state index contributed by atoms with van der Waals surface area (Å²) >= 11 is 5.53. The molecule has 1 aromatic carbocycles. The highest BCUT2D eigenvalue weighted by Crippen LogP contribution is 2.29. The number of hydrogen-bond donors (Lipinski definition) is 0. The first-order valence-corrected chi connectivity index (χ1v) is 9.69. The van der Waals surface area contributed by atoms with Crippen LogP contribution in [0.1, 0.15) is 11.3 Å². The Balaban J connectivity index is 1.60. The number of hydrogen-bond acceptors (Lipinski definition) is 6. The lowest BCUT2D eigenvalue weighted by molar-refractivity contribution is -0.0512. The van der Waals surface area contributed by atoms with Crippen molar-refractivity contribution in [1.82, 2.24) is 24.2 Å². The summed E-state index contributed by atoms with van der Waals surface area (Å²) in [6.45, 7) is -1.18. The van der Waals surface area contributed by atoms with Crippen LogP contribution in [0, 0.1) is 4.77 Å². The zero-order valence-electron chi connectivity index (χ0n) is 16.7. The van der Waals surface area contributed by atoms with Gasteiger partial charge in [0.05, 0.1) is 13.8 Å². The number of rotatable bonds is 10. The summed E-state index contributed by atoms with van der Waals surface area (Å²) in [5, 5.41) is 4.38. The Kier molecular flexibility index (Phi) is 7.47. The van der Waals surface area contributed by atoms with Gasteiger partial charge in [-0.1, -0.05) is 12.1 Å². The Morgan fingerprint density at radius 2 is 2.03 bits per heavy atom. The Morgan fingerprint density at radius 3 is 2.73 bits per heavy atom. The van der Waals surface area contributed by atoms with E-state index < -0.39 is 6.61 Å². The van der Waals surface area contributed by atoms with E-state index in [0.29, 0.717) is 24.5 Å². The van der Waals surface area contributed by atoms with Crippen LogP contribution in [-0.2, 0) is 26.2 Å². The van der Waals surface area contributed by atoms with Crippen LogP contribution in [0.25, 0.3) is 0 Å². The van der Waals surface area contributed by atoms with Crippen molar-refractivity contribution in [1.29, 1.82) is 0 Å². The lowest BCUT2D eigenvalue weighted by atomic mass is 10.2. The zero-order chi connectivity index (χ0) is 21.5. The van der Waals surface area contributed by atoms with Crippen LogP contribution in [0.5, 0.6) is 11.5 Å². The van der Waals surface area contributed by atoms with E-state index in [9.17, 15) is 8.78 Å². The Morgan fingerprint density at radius 1 is 1.20 bits per heavy atom. The molecule has 0 amide bonds. The second-order valence-electron chi connectivity index (χ2n) is 6.70. The third-order valence-electron chi connectivity index (χ3n) is 4.40. The quantitative estimate of drug-likeness (QED) is 0.452. The maximum atomic E-state index is 12.5. The van der Waals surface area contributed by atoms with E-state index in [4.69, 9.17) is 17.0 Å². The number of halogens is 2. The summed E-state index contributed by atoms with van der Waals surface area (Å²) < 4.78 is 38.8. The van der Waals surface area contributed by atoms with Crippen LogP contribution in [0.15, 0.2) is 48.9 Å².